The van der Waals surface area contributed by atoms with Crippen LogP contribution in [0.3, 0.4) is 0 Å². The van der Waals surface area contributed by atoms with Crippen molar-refractivity contribution in [3.8, 4) is 5.75 Å². The van der Waals surface area contributed by atoms with E-state index in [-0.39, 0.29) is 24.8 Å². The van der Waals surface area contributed by atoms with Crippen molar-refractivity contribution in [3.63, 3.8) is 0 Å². The molecule has 0 amide bonds. The number of esters is 1. The second-order valence-corrected chi connectivity index (χ2v) is 8.09. The zero-order chi connectivity index (χ0) is 22.5. The van der Waals surface area contributed by atoms with Crippen LogP contribution >= 0.6 is 12.4 Å². The summed E-state index contributed by atoms with van der Waals surface area (Å²) in [5.41, 5.74) is 7.02. The standard InChI is InChI=1S/C25H36N2O4.ClH/c1-2-3-4-5-6-7-8-12-15-27-18-24(29)23(28)17-21(27)19-31-25(30)22(26)16-20-13-10-9-11-14-20;/h9-11,13-14,17-18,22,29H,2-8,12,15-16,19,26H2,1H3;1H/t22-;/m0./s1. The predicted molar refractivity (Wildman–Crippen MR) is 130 cm³/mol. The number of aromatic hydroxyl groups is 1. The van der Waals surface area contributed by atoms with Crippen molar-refractivity contribution in [1.29, 1.82) is 0 Å². The van der Waals surface area contributed by atoms with E-state index in [0.29, 0.717) is 18.7 Å². The van der Waals surface area contributed by atoms with Crippen LogP contribution in [0, 0.1) is 0 Å². The Morgan fingerprint density at radius 2 is 1.69 bits per heavy atom. The fraction of sp³-hybridized carbons (Fsp3) is 0.520. The monoisotopic (exact) mass is 464 g/mol. The maximum atomic E-state index is 12.3. The first-order chi connectivity index (χ1) is 15.0. The van der Waals surface area contributed by atoms with E-state index in [1.165, 1.54) is 50.8 Å². The molecule has 0 aliphatic heterocycles. The van der Waals surface area contributed by atoms with E-state index < -0.39 is 17.4 Å². The number of nitrogens with two attached hydrogens (primary N) is 1. The van der Waals surface area contributed by atoms with Crippen molar-refractivity contribution in [2.75, 3.05) is 0 Å². The lowest BCUT2D eigenvalue weighted by Gasteiger charge is -2.16. The van der Waals surface area contributed by atoms with Crippen LogP contribution in [-0.2, 0) is 29.1 Å². The van der Waals surface area contributed by atoms with Gasteiger partial charge in [-0.25, -0.2) is 0 Å². The molecule has 1 aromatic heterocycles. The molecule has 178 valence electrons. The first-order valence-electron chi connectivity index (χ1n) is 11.4. The number of aromatic nitrogens is 1. The Morgan fingerprint density at radius 3 is 2.34 bits per heavy atom. The van der Waals surface area contributed by atoms with Crippen LogP contribution in [0.5, 0.6) is 5.75 Å². The van der Waals surface area contributed by atoms with Gasteiger partial charge < -0.3 is 20.1 Å². The number of ether oxygens (including phenoxy) is 1. The summed E-state index contributed by atoms with van der Waals surface area (Å²) in [4.78, 5) is 24.2. The minimum absolute atomic E-state index is 0. The summed E-state index contributed by atoms with van der Waals surface area (Å²) >= 11 is 0. The van der Waals surface area contributed by atoms with E-state index >= 15 is 0 Å². The molecule has 0 aliphatic rings. The Morgan fingerprint density at radius 1 is 1.06 bits per heavy atom. The fourth-order valence-electron chi connectivity index (χ4n) is 3.55. The lowest BCUT2D eigenvalue weighted by Crippen LogP contribution is -2.34. The van der Waals surface area contributed by atoms with Gasteiger partial charge in [0.25, 0.3) is 0 Å². The van der Waals surface area contributed by atoms with E-state index in [0.717, 1.165) is 18.4 Å². The Kier molecular flexibility index (Phi) is 13.4. The average molecular weight is 465 g/mol. The Hall–Kier alpha value is -2.31. The van der Waals surface area contributed by atoms with Gasteiger partial charge in [0.15, 0.2) is 5.75 Å². The van der Waals surface area contributed by atoms with Crippen molar-refractivity contribution in [1.82, 2.24) is 4.57 Å². The number of rotatable bonds is 14. The van der Waals surface area contributed by atoms with Crippen LogP contribution < -0.4 is 11.2 Å². The molecule has 1 heterocycles. The van der Waals surface area contributed by atoms with Crippen molar-refractivity contribution in [3.05, 3.63) is 64.1 Å². The number of nitrogens with zero attached hydrogens (tertiary/aromatic N) is 1. The third kappa shape index (κ3) is 9.88. The molecule has 2 rings (SSSR count). The van der Waals surface area contributed by atoms with Gasteiger partial charge in [0.1, 0.15) is 12.6 Å². The average Bonchev–Trinajstić information content (AvgIpc) is 2.77. The summed E-state index contributed by atoms with van der Waals surface area (Å²) in [6, 6.07) is 10.1. The third-order valence-corrected chi connectivity index (χ3v) is 5.41. The number of aryl methyl sites for hydroxylation is 1. The molecule has 0 saturated heterocycles. The van der Waals surface area contributed by atoms with Gasteiger partial charge in [-0.15, -0.1) is 12.4 Å². The van der Waals surface area contributed by atoms with Crippen LogP contribution in [0.1, 0.15) is 69.5 Å². The van der Waals surface area contributed by atoms with Crippen LogP contribution in [0.4, 0.5) is 0 Å². The van der Waals surface area contributed by atoms with Crippen LogP contribution in [0.15, 0.2) is 47.4 Å². The number of hydrogen-bond acceptors (Lipinski definition) is 5. The highest BCUT2D eigenvalue weighted by molar-refractivity contribution is 5.85. The first-order valence-corrected chi connectivity index (χ1v) is 11.4. The third-order valence-electron chi connectivity index (χ3n) is 5.41. The number of carbonyl (C=O) groups excluding carboxylic acids is 1. The molecule has 32 heavy (non-hydrogen) atoms. The number of carbonyl (C=O) groups is 1. The Labute approximate surface area is 197 Å². The second kappa shape index (κ2) is 15.5. The SMILES string of the molecule is CCCCCCCCCCn1cc(O)c(=O)cc1COC(=O)[C@@H](N)Cc1ccccc1.Cl. The van der Waals surface area contributed by atoms with Gasteiger partial charge in [0, 0.05) is 12.6 Å². The molecule has 0 saturated carbocycles. The minimum atomic E-state index is -0.771. The largest absolute Gasteiger partial charge is 0.503 e. The van der Waals surface area contributed by atoms with Crippen molar-refractivity contribution in [2.45, 2.75) is 83.9 Å². The summed E-state index contributed by atoms with van der Waals surface area (Å²) in [6.07, 6.45) is 11.4. The number of hydrogen-bond donors (Lipinski definition) is 2. The summed E-state index contributed by atoms with van der Waals surface area (Å²) in [5, 5.41) is 9.82. The van der Waals surface area contributed by atoms with Crippen molar-refractivity contribution in [2.24, 2.45) is 5.73 Å². The van der Waals surface area contributed by atoms with E-state index in [1.807, 2.05) is 30.3 Å². The smallest absolute Gasteiger partial charge is 0.323 e. The summed E-state index contributed by atoms with van der Waals surface area (Å²) in [5.74, 6) is -0.807. The zero-order valence-corrected chi connectivity index (χ0v) is 19.8. The molecule has 7 heteroatoms. The summed E-state index contributed by atoms with van der Waals surface area (Å²) < 4.78 is 7.17. The first kappa shape index (κ1) is 27.7. The van der Waals surface area contributed by atoms with Gasteiger partial charge in [-0.1, -0.05) is 82.2 Å². The van der Waals surface area contributed by atoms with Gasteiger partial charge in [-0.3, -0.25) is 9.59 Å². The molecular formula is C25H37ClN2O4. The van der Waals surface area contributed by atoms with Crippen LogP contribution in [0.25, 0.3) is 0 Å². The van der Waals surface area contributed by atoms with E-state index in [4.69, 9.17) is 10.5 Å². The zero-order valence-electron chi connectivity index (χ0n) is 19.0. The fourth-order valence-corrected chi connectivity index (χ4v) is 3.55. The molecule has 3 N–H and O–H groups in total. The Bertz CT molecular complexity index is 855. The lowest BCUT2D eigenvalue weighted by atomic mass is 10.1. The maximum absolute atomic E-state index is 12.3. The normalized spacial score (nSPS) is 11.6. The molecule has 0 unspecified atom stereocenters. The topological polar surface area (TPSA) is 94.5 Å². The number of benzene rings is 1. The molecule has 1 aromatic carbocycles. The molecule has 0 spiro atoms. The highest BCUT2D eigenvalue weighted by Gasteiger charge is 2.17. The molecule has 0 bridgehead atoms. The number of halogens is 1. The molecule has 1 atom stereocenters. The van der Waals surface area contributed by atoms with Gasteiger partial charge in [-0.05, 0) is 18.4 Å². The van der Waals surface area contributed by atoms with Crippen molar-refractivity contribution < 1.29 is 14.6 Å². The highest BCUT2D eigenvalue weighted by atomic mass is 35.5. The van der Waals surface area contributed by atoms with E-state index in [1.54, 1.807) is 4.57 Å². The minimum Gasteiger partial charge on any atom is -0.503 e. The van der Waals surface area contributed by atoms with Gasteiger partial charge >= 0.3 is 5.97 Å². The van der Waals surface area contributed by atoms with Crippen molar-refractivity contribution >= 4 is 18.4 Å². The van der Waals surface area contributed by atoms with Gasteiger partial charge in [0.05, 0.1) is 11.9 Å². The molecule has 0 aliphatic carbocycles. The van der Waals surface area contributed by atoms with Gasteiger partial charge in [0.2, 0.25) is 5.43 Å². The molecule has 2 aromatic rings. The predicted octanol–water partition coefficient (Wildman–Crippen LogP) is 4.73. The van der Waals surface area contributed by atoms with Crippen LogP contribution in [0.2, 0.25) is 0 Å². The van der Waals surface area contributed by atoms with Gasteiger partial charge in [-0.2, -0.15) is 0 Å². The highest BCUT2D eigenvalue weighted by Crippen LogP contribution is 2.13. The molecule has 0 radical (unpaired) electrons. The van der Waals surface area contributed by atoms with E-state index in [9.17, 15) is 14.7 Å². The molecular weight excluding hydrogens is 428 g/mol. The Balaban J connectivity index is 0.00000512. The quantitative estimate of drug-likeness (QED) is 0.311. The maximum Gasteiger partial charge on any atom is 0.323 e. The lowest BCUT2D eigenvalue weighted by molar-refractivity contribution is -0.146. The second-order valence-electron chi connectivity index (χ2n) is 8.09. The molecule has 0 fully saturated rings. The summed E-state index contributed by atoms with van der Waals surface area (Å²) in [7, 11) is 0. The van der Waals surface area contributed by atoms with Crippen LogP contribution in [-0.4, -0.2) is 21.7 Å². The van der Waals surface area contributed by atoms with E-state index in [2.05, 4.69) is 6.92 Å². The summed E-state index contributed by atoms with van der Waals surface area (Å²) in [6.45, 7) is 2.82. The number of unbranched alkanes of at least 4 members (excludes halogenated alkanes) is 7. The molecule has 6 nitrogen and oxygen atoms in total. The number of pyridine rings is 1.